The maximum absolute atomic E-state index is 12.8. The average molecular weight is 409 g/mol. The first-order valence-electron chi connectivity index (χ1n) is 8.94. The third kappa shape index (κ3) is 3.88. The number of nitrogens with zero attached hydrogens (tertiary/aromatic N) is 1. The number of aliphatic hydroxyl groups excluding tert-OH is 1. The van der Waals surface area contributed by atoms with E-state index in [4.69, 9.17) is 19.0 Å². The van der Waals surface area contributed by atoms with Gasteiger partial charge in [-0.05, 0) is 38.5 Å². The highest BCUT2D eigenvalue weighted by Gasteiger charge is 2.64. The van der Waals surface area contributed by atoms with Crippen LogP contribution >= 0.6 is 0 Å². The standard InChI is InChI=1S/C19H23NO9/c1-5-27-17(23)16(22)15-14(12-7-9-13(26-4)10-8-12)19(11(3)21,29-20(15)25)18(24)28-6-2/h7-10,14,16,22H,5-6H2,1-4H3/t14-,16-,19?/m1/s1. The van der Waals surface area contributed by atoms with Gasteiger partial charge in [0.2, 0.25) is 11.7 Å². The van der Waals surface area contributed by atoms with Gasteiger partial charge in [-0.1, -0.05) is 12.1 Å². The van der Waals surface area contributed by atoms with Crippen molar-refractivity contribution in [2.24, 2.45) is 0 Å². The summed E-state index contributed by atoms with van der Waals surface area (Å²) in [6.07, 6.45) is -2.06. The maximum atomic E-state index is 12.8. The largest absolute Gasteiger partial charge is 0.497 e. The molecule has 0 saturated carbocycles. The van der Waals surface area contributed by atoms with Crippen LogP contribution in [0.15, 0.2) is 24.3 Å². The van der Waals surface area contributed by atoms with Crippen LogP contribution in [0.4, 0.5) is 0 Å². The van der Waals surface area contributed by atoms with E-state index in [-0.39, 0.29) is 23.7 Å². The van der Waals surface area contributed by atoms with E-state index in [0.29, 0.717) is 5.75 Å². The molecule has 3 atom stereocenters. The van der Waals surface area contributed by atoms with Crippen LogP contribution in [0.1, 0.15) is 32.3 Å². The zero-order valence-corrected chi connectivity index (χ0v) is 16.5. The molecule has 0 bridgehead atoms. The monoisotopic (exact) mass is 409 g/mol. The van der Waals surface area contributed by atoms with E-state index in [1.807, 2.05) is 0 Å². The number of rotatable bonds is 8. The van der Waals surface area contributed by atoms with Crippen molar-refractivity contribution in [1.82, 2.24) is 0 Å². The number of carbonyl (C=O) groups is 3. The normalized spacial score (nSPS) is 21.9. The Kier molecular flexibility index (Phi) is 6.80. The number of hydrogen-bond acceptors (Lipinski definition) is 9. The number of hydrogen-bond donors (Lipinski definition) is 1. The molecule has 158 valence electrons. The number of carbonyl (C=O) groups excluding carboxylic acids is 3. The molecular formula is C19H23NO9. The first kappa shape index (κ1) is 22.2. The van der Waals surface area contributed by atoms with Gasteiger partial charge in [0.25, 0.3) is 5.71 Å². The number of benzene rings is 1. The Balaban J connectivity index is 2.68. The fourth-order valence-corrected chi connectivity index (χ4v) is 3.16. The summed E-state index contributed by atoms with van der Waals surface area (Å²) in [6.45, 7) is 3.97. The summed E-state index contributed by atoms with van der Waals surface area (Å²) >= 11 is 0. The molecule has 1 unspecified atom stereocenters. The third-order valence-corrected chi connectivity index (χ3v) is 4.48. The molecule has 1 aromatic rings. The SMILES string of the molecule is CCOC(=O)[C@H](O)C1=[N+]([O-])OC(C(C)=O)(C(=O)OCC)[C@@H]1c1ccc(OC)cc1. The Morgan fingerprint density at radius 2 is 1.79 bits per heavy atom. The fourth-order valence-electron chi connectivity index (χ4n) is 3.16. The molecular weight excluding hydrogens is 386 g/mol. The molecule has 1 N–H and O–H groups in total. The highest BCUT2D eigenvalue weighted by Crippen LogP contribution is 2.41. The molecule has 0 aromatic heterocycles. The van der Waals surface area contributed by atoms with Gasteiger partial charge < -0.3 is 24.2 Å². The number of aliphatic hydroxyl groups is 1. The summed E-state index contributed by atoms with van der Waals surface area (Å²) in [7, 11) is 1.45. The van der Waals surface area contributed by atoms with E-state index in [1.54, 1.807) is 0 Å². The summed E-state index contributed by atoms with van der Waals surface area (Å²) in [5.74, 6) is -4.01. The number of ether oxygens (including phenoxy) is 3. The summed E-state index contributed by atoms with van der Waals surface area (Å²) in [5.41, 5.74) is -2.71. The van der Waals surface area contributed by atoms with Crippen LogP contribution in [0, 0.1) is 5.21 Å². The van der Waals surface area contributed by atoms with Gasteiger partial charge in [-0.15, -0.1) is 0 Å². The smallest absolute Gasteiger partial charge is 0.346 e. The molecule has 0 aliphatic carbocycles. The number of esters is 2. The van der Waals surface area contributed by atoms with Crippen molar-refractivity contribution < 1.29 is 43.4 Å². The minimum Gasteiger partial charge on any atom is -0.497 e. The van der Waals surface area contributed by atoms with Crippen LogP contribution in [0.3, 0.4) is 0 Å². The topological polar surface area (TPSA) is 134 Å². The molecule has 0 spiro atoms. The Morgan fingerprint density at radius 3 is 2.28 bits per heavy atom. The minimum atomic E-state index is -2.41. The van der Waals surface area contributed by atoms with E-state index in [2.05, 4.69) is 0 Å². The lowest BCUT2D eigenvalue weighted by Crippen LogP contribution is -2.53. The molecule has 2 rings (SSSR count). The lowest BCUT2D eigenvalue weighted by molar-refractivity contribution is -0.745. The van der Waals surface area contributed by atoms with Gasteiger partial charge in [-0.25, -0.2) is 9.59 Å². The zero-order valence-electron chi connectivity index (χ0n) is 16.5. The molecule has 1 heterocycles. The molecule has 1 aliphatic rings. The second-order valence-electron chi connectivity index (χ2n) is 6.15. The van der Waals surface area contributed by atoms with Crippen molar-refractivity contribution in [2.45, 2.75) is 38.4 Å². The van der Waals surface area contributed by atoms with Crippen molar-refractivity contribution >= 4 is 23.4 Å². The second-order valence-corrected chi connectivity index (χ2v) is 6.15. The Morgan fingerprint density at radius 1 is 1.21 bits per heavy atom. The predicted molar refractivity (Wildman–Crippen MR) is 98.1 cm³/mol. The van der Waals surface area contributed by atoms with Crippen LogP contribution in [0.5, 0.6) is 5.75 Å². The molecule has 10 nitrogen and oxygen atoms in total. The molecule has 0 fully saturated rings. The average Bonchev–Trinajstić information content (AvgIpc) is 3.02. The highest BCUT2D eigenvalue weighted by molar-refractivity contribution is 6.17. The van der Waals surface area contributed by atoms with Crippen LogP contribution in [0.25, 0.3) is 0 Å². The lowest BCUT2D eigenvalue weighted by atomic mass is 9.75. The lowest BCUT2D eigenvalue weighted by Gasteiger charge is -2.30. The molecule has 1 aliphatic heterocycles. The van der Waals surface area contributed by atoms with Crippen molar-refractivity contribution in [1.29, 1.82) is 0 Å². The fraction of sp³-hybridized carbons (Fsp3) is 0.474. The molecule has 0 saturated heterocycles. The van der Waals surface area contributed by atoms with Gasteiger partial charge in [0.05, 0.1) is 20.3 Å². The van der Waals surface area contributed by atoms with Crippen LogP contribution < -0.4 is 4.74 Å². The molecule has 29 heavy (non-hydrogen) atoms. The van der Waals surface area contributed by atoms with Crippen LogP contribution in [0.2, 0.25) is 0 Å². The van der Waals surface area contributed by atoms with Crippen molar-refractivity contribution in [2.75, 3.05) is 20.3 Å². The van der Waals surface area contributed by atoms with E-state index < -0.39 is 41.1 Å². The van der Waals surface area contributed by atoms with Crippen LogP contribution in [-0.4, -0.2) is 65.5 Å². The van der Waals surface area contributed by atoms with Gasteiger partial charge in [0.1, 0.15) is 11.7 Å². The van der Waals surface area contributed by atoms with E-state index in [9.17, 15) is 24.7 Å². The summed E-state index contributed by atoms with van der Waals surface area (Å²) in [6, 6.07) is 6.04. The van der Waals surface area contributed by atoms with Crippen molar-refractivity contribution in [3.63, 3.8) is 0 Å². The molecule has 1 aromatic carbocycles. The quantitative estimate of drug-likeness (QED) is 0.370. The Labute approximate surface area is 167 Å². The summed E-state index contributed by atoms with van der Waals surface area (Å²) in [4.78, 5) is 42.4. The maximum Gasteiger partial charge on any atom is 0.346 e. The molecule has 10 heteroatoms. The summed E-state index contributed by atoms with van der Waals surface area (Å²) in [5, 5.41) is 23.0. The van der Waals surface area contributed by atoms with Crippen LogP contribution in [-0.2, 0) is 28.7 Å². The summed E-state index contributed by atoms with van der Waals surface area (Å²) < 4.78 is 14.8. The third-order valence-electron chi connectivity index (χ3n) is 4.48. The molecule has 0 amide bonds. The Bertz CT molecular complexity index is 817. The van der Waals surface area contributed by atoms with E-state index >= 15 is 0 Å². The van der Waals surface area contributed by atoms with Crippen molar-refractivity contribution in [3.05, 3.63) is 35.0 Å². The number of Topliss-reactive ketones (excluding diaryl/α,β-unsaturated/α-hetero) is 1. The van der Waals surface area contributed by atoms with Gasteiger partial charge in [-0.2, -0.15) is 0 Å². The number of ketones is 1. The van der Waals surface area contributed by atoms with Gasteiger partial charge in [0, 0.05) is 4.90 Å². The number of methoxy groups -OCH3 is 1. The van der Waals surface area contributed by atoms with Gasteiger partial charge in [0.15, 0.2) is 5.78 Å². The van der Waals surface area contributed by atoms with E-state index in [0.717, 1.165) is 6.92 Å². The first-order chi connectivity index (χ1) is 13.7. The second kappa shape index (κ2) is 8.91. The van der Waals surface area contributed by atoms with Gasteiger partial charge in [-0.3, -0.25) is 10.0 Å². The predicted octanol–water partition coefficient (Wildman–Crippen LogP) is 0.490. The first-order valence-corrected chi connectivity index (χ1v) is 8.94. The van der Waals surface area contributed by atoms with Crippen molar-refractivity contribution in [3.8, 4) is 5.75 Å². The van der Waals surface area contributed by atoms with Gasteiger partial charge >= 0.3 is 11.9 Å². The molecule has 0 radical (unpaired) electrons. The highest BCUT2D eigenvalue weighted by atomic mass is 16.9. The van der Waals surface area contributed by atoms with E-state index in [1.165, 1.54) is 45.2 Å². The Hall–Kier alpha value is -3.14. The zero-order chi connectivity index (χ0) is 21.8. The minimum absolute atomic E-state index is 0.0498.